The van der Waals surface area contributed by atoms with Gasteiger partial charge in [0.25, 0.3) is 0 Å². The zero-order valence-corrected chi connectivity index (χ0v) is 13.6. The maximum absolute atomic E-state index is 11.7. The molecule has 1 aliphatic heterocycles. The SMILES string of the molecule is CCN(CC1CCCN(Cc2ccccc2)CC1)C(=O)CO. The van der Waals surface area contributed by atoms with Crippen molar-refractivity contribution in [1.29, 1.82) is 0 Å². The van der Waals surface area contributed by atoms with Gasteiger partial charge in [-0.3, -0.25) is 9.69 Å². The third-order valence-corrected chi connectivity index (χ3v) is 4.54. The van der Waals surface area contributed by atoms with Crippen LogP contribution in [0.2, 0.25) is 0 Å². The van der Waals surface area contributed by atoms with Crippen molar-refractivity contribution >= 4 is 5.91 Å². The molecule has 4 nitrogen and oxygen atoms in total. The molecule has 1 aromatic rings. The number of aliphatic hydroxyl groups is 1. The maximum atomic E-state index is 11.7. The molecule has 1 amide bonds. The highest BCUT2D eigenvalue weighted by Crippen LogP contribution is 2.20. The van der Waals surface area contributed by atoms with Crippen LogP contribution >= 0.6 is 0 Å². The minimum atomic E-state index is -0.374. The van der Waals surface area contributed by atoms with Gasteiger partial charge in [0.15, 0.2) is 0 Å². The van der Waals surface area contributed by atoms with E-state index >= 15 is 0 Å². The molecule has 122 valence electrons. The number of nitrogens with zero attached hydrogens (tertiary/aromatic N) is 2. The molecule has 0 aliphatic carbocycles. The summed E-state index contributed by atoms with van der Waals surface area (Å²) in [7, 11) is 0. The van der Waals surface area contributed by atoms with Gasteiger partial charge in [-0.25, -0.2) is 0 Å². The highest BCUT2D eigenvalue weighted by atomic mass is 16.3. The Balaban J connectivity index is 1.83. The minimum Gasteiger partial charge on any atom is -0.387 e. The summed E-state index contributed by atoms with van der Waals surface area (Å²) in [6.45, 7) is 6.31. The van der Waals surface area contributed by atoms with Crippen molar-refractivity contribution in [3.8, 4) is 0 Å². The number of likely N-dealkylation sites (tertiary alicyclic amines) is 1. The molecule has 1 N–H and O–H groups in total. The summed E-state index contributed by atoms with van der Waals surface area (Å²) in [6, 6.07) is 10.6. The van der Waals surface area contributed by atoms with E-state index in [2.05, 4.69) is 35.2 Å². The number of hydrogen-bond donors (Lipinski definition) is 1. The molecule has 0 radical (unpaired) electrons. The van der Waals surface area contributed by atoms with Gasteiger partial charge in [0.05, 0.1) is 0 Å². The van der Waals surface area contributed by atoms with Crippen LogP contribution in [-0.4, -0.2) is 53.6 Å². The highest BCUT2D eigenvalue weighted by Gasteiger charge is 2.21. The van der Waals surface area contributed by atoms with E-state index in [0.29, 0.717) is 12.5 Å². The molecule has 1 aliphatic rings. The number of amides is 1. The van der Waals surface area contributed by atoms with Crippen molar-refractivity contribution in [2.45, 2.75) is 32.7 Å². The summed E-state index contributed by atoms with van der Waals surface area (Å²) in [5.41, 5.74) is 1.37. The molecule has 1 saturated heterocycles. The van der Waals surface area contributed by atoms with Gasteiger partial charge in [-0.2, -0.15) is 0 Å². The lowest BCUT2D eigenvalue weighted by Crippen LogP contribution is -2.37. The fraction of sp³-hybridized carbons (Fsp3) is 0.611. The number of benzene rings is 1. The Morgan fingerprint density at radius 1 is 1.27 bits per heavy atom. The zero-order chi connectivity index (χ0) is 15.8. The van der Waals surface area contributed by atoms with Gasteiger partial charge >= 0.3 is 0 Å². The number of hydrogen-bond acceptors (Lipinski definition) is 3. The van der Waals surface area contributed by atoms with E-state index in [1.807, 2.05) is 6.92 Å². The second-order valence-electron chi connectivity index (χ2n) is 6.15. The van der Waals surface area contributed by atoms with Gasteiger partial charge in [0.2, 0.25) is 5.91 Å². The number of rotatable bonds is 6. The third-order valence-electron chi connectivity index (χ3n) is 4.54. The molecule has 0 spiro atoms. The van der Waals surface area contributed by atoms with Crippen LogP contribution in [0.4, 0.5) is 0 Å². The average Bonchev–Trinajstić information content (AvgIpc) is 2.78. The quantitative estimate of drug-likeness (QED) is 0.875. The van der Waals surface area contributed by atoms with Crippen LogP contribution < -0.4 is 0 Å². The number of likely N-dealkylation sites (N-methyl/N-ethyl adjacent to an activating group) is 1. The Hall–Kier alpha value is -1.39. The summed E-state index contributed by atoms with van der Waals surface area (Å²) in [5.74, 6) is 0.407. The second kappa shape index (κ2) is 8.91. The Morgan fingerprint density at radius 3 is 2.73 bits per heavy atom. The lowest BCUT2D eigenvalue weighted by Gasteiger charge is -2.25. The fourth-order valence-corrected chi connectivity index (χ4v) is 3.23. The van der Waals surface area contributed by atoms with E-state index in [1.165, 1.54) is 18.4 Å². The Morgan fingerprint density at radius 2 is 2.05 bits per heavy atom. The number of carbonyl (C=O) groups excluding carboxylic acids is 1. The van der Waals surface area contributed by atoms with Crippen LogP contribution in [0.3, 0.4) is 0 Å². The molecule has 0 saturated carbocycles. The standard InChI is InChI=1S/C18H28N2O2/c1-2-20(18(22)15-21)14-17-9-6-11-19(12-10-17)13-16-7-4-3-5-8-16/h3-5,7-8,17,21H,2,6,9-15H2,1H3. The molecule has 2 rings (SSSR count). The Bertz CT molecular complexity index is 450. The summed E-state index contributed by atoms with van der Waals surface area (Å²) < 4.78 is 0. The van der Waals surface area contributed by atoms with E-state index in [4.69, 9.17) is 5.11 Å². The van der Waals surface area contributed by atoms with Gasteiger partial charge in [-0.15, -0.1) is 0 Å². The van der Waals surface area contributed by atoms with Gasteiger partial charge in [-0.1, -0.05) is 30.3 Å². The first kappa shape index (κ1) is 17.0. The van der Waals surface area contributed by atoms with E-state index in [-0.39, 0.29) is 12.5 Å². The van der Waals surface area contributed by atoms with Crippen molar-refractivity contribution in [2.24, 2.45) is 5.92 Å². The normalized spacial score (nSPS) is 19.6. The summed E-state index contributed by atoms with van der Waals surface area (Å²) in [6.07, 6.45) is 3.48. The first-order chi connectivity index (χ1) is 10.7. The highest BCUT2D eigenvalue weighted by molar-refractivity contribution is 5.77. The minimum absolute atomic E-state index is 0.145. The number of carbonyl (C=O) groups is 1. The molecule has 4 heteroatoms. The summed E-state index contributed by atoms with van der Waals surface area (Å²) >= 11 is 0. The van der Waals surface area contributed by atoms with Crippen molar-refractivity contribution in [3.63, 3.8) is 0 Å². The van der Waals surface area contributed by atoms with E-state index < -0.39 is 0 Å². The largest absolute Gasteiger partial charge is 0.387 e. The Kier molecular flexibility index (Phi) is 6.87. The van der Waals surface area contributed by atoms with Crippen molar-refractivity contribution in [2.75, 3.05) is 32.8 Å². The first-order valence-corrected chi connectivity index (χ1v) is 8.37. The third kappa shape index (κ3) is 5.11. The number of aliphatic hydroxyl groups excluding tert-OH is 1. The van der Waals surface area contributed by atoms with E-state index in [9.17, 15) is 4.79 Å². The average molecular weight is 304 g/mol. The fourth-order valence-electron chi connectivity index (χ4n) is 3.23. The van der Waals surface area contributed by atoms with Crippen LogP contribution in [0.5, 0.6) is 0 Å². The molecule has 1 heterocycles. The maximum Gasteiger partial charge on any atom is 0.248 e. The summed E-state index contributed by atoms with van der Waals surface area (Å²) in [5, 5.41) is 9.03. The van der Waals surface area contributed by atoms with Crippen LogP contribution in [0.1, 0.15) is 31.7 Å². The zero-order valence-electron chi connectivity index (χ0n) is 13.6. The second-order valence-corrected chi connectivity index (χ2v) is 6.15. The first-order valence-electron chi connectivity index (χ1n) is 8.37. The van der Waals surface area contributed by atoms with Gasteiger partial charge < -0.3 is 10.0 Å². The molecule has 1 fully saturated rings. The van der Waals surface area contributed by atoms with E-state index in [0.717, 1.165) is 32.6 Å². The molecule has 0 bridgehead atoms. The molecular formula is C18H28N2O2. The van der Waals surface area contributed by atoms with Crippen molar-refractivity contribution < 1.29 is 9.90 Å². The smallest absolute Gasteiger partial charge is 0.248 e. The topological polar surface area (TPSA) is 43.8 Å². The molecular weight excluding hydrogens is 276 g/mol. The van der Waals surface area contributed by atoms with Crippen molar-refractivity contribution in [3.05, 3.63) is 35.9 Å². The summed E-state index contributed by atoms with van der Waals surface area (Å²) in [4.78, 5) is 16.0. The lowest BCUT2D eigenvalue weighted by molar-refractivity contribution is -0.134. The van der Waals surface area contributed by atoms with Crippen LogP contribution in [-0.2, 0) is 11.3 Å². The van der Waals surface area contributed by atoms with E-state index in [1.54, 1.807) is 4.90 Å². The molecule has 0 aromatic heterocycles. The van der Waals surface area contributed by atoms with Gasteiger partial charge in [0, 0.05) is 19.6 Å². The van der Waals surface area contributed by atoms with Crippen LogP contribution in [0.15, 0.2) is 30.3 Å². The van der Waals surface area contributed by atoms with Crippen LogP contribution in [0, 0.1) is 5.92 Å². The van der Waals surface area contributed by atoms with Crippen LogP contribution in [0.25, 0.3) is 0 Å². The molecule has 1 unspecified atom stereocenters. The van der Waals surface area contributed by atoms with Gasteiger partial charge in [-0.05, 0) is 50.8 Å². The van der Waals surface area contributed by atoms with Gasteiger partial charge in [0.1, 0.15) is 6.61 Å². The monoisotopic (exact) mass is 304 g/mol. The molecule has 22 heavy (non-hydrogen) atoms. The molecule has 1 atom stereocenters. The predicted octanol–water partition coefficient (Wildman–Crippen LogP) is 2.13. The molecule has 1 aromatic carbocycles. The predicted molar refractivity (Wildman–Crippen MR) is 88.4 cm³/mol. The Labute approximate surface area is 133 Å². The van der Waals surface area contributed by atoms with Crippen molar-refractivity contribution in [1.82, 2.24) is 9.80 Å². The lowest BCUT2D eigenvalue weighted by atomic mass is 10.00.